The number of carbonyl (C=O) groups is 1. The molecule has 8 heteroatoms. The smallest absolute Gasteiger partial charge is 0.325 e. The van der Waals surface area contributed by atoms with E-state index in [9.17, 15) is 18.0 Å². The molecule has 1 aliphatic heterocycles. The quantitative estimate of drug-likeness (QED) is 0.892. The number of nitrogens with zero attached hydrogens (tertiary/aromatic N) is 2. The summed E-state index contributed by atoms with van der Waals surface area (Å²) in [5.41, 5.74) is 0.687. The first-order valence-electron chi connectivity index (χ1n) is 7.53. The number of halogens is 4. The van der Waals surface area contributed by atoms with E-state index in [1.54, 1.807) is 11.8 Å². The summed E-state index contributed by atoms with van der Waals surface area (Å²) in [4.78, 5) is 13.8. The maximum absolute atomic E-state index is 12.9. The molecule has 0 radical (unpaired) electrons. The number of hydrogen-bond acceptors (Lipinski definition) is 3. The van der Waals surface area contributed by atoms with Crippen LogP contribution < -0.4 is 5.32 Å². The Morgan fingerprint density at radius 1 is 1.50 bits per heavy atom. The number of alkyl halides is 3. The molecule has 0 saturated carbocycles. The molecule has 1 aromatic carbocycles. The average molecular weight is 360 g/mol. The van der Waals surface area contributed by atoms with Gasteiger partial charge in [-0.1, -0.05) is 11.6 Å². The maximum atomic E-state index is 12.9. The molecular weight excluding hydrogens is 343 g/mol. The molecule has 0 unspecified atom stereocenters. The monoisotopic (exact) mass is 359 g/mol. The zero-order valence-electron chi connectivity index (χ0n) is 13.0. The third-order valence-corrected chi connectivity index (χ3v) is 4.51. The number of anilines is 1. The molecule has 1 aliphatic rings. The van der Waals surface area contributed by atoms with Gasteiger partial charge in [0.1, 0.15) is 6.07 Å². The summed E-state index contributed by atoms with van der Waals surface area (Å²) < 4.78 is 38.6. The predicted molar refractivity (Wildman–Crippen MR) is 84.6 cm³/mol. The Morgan fingerprint density at radius 2 is 2.21 bits per heavy atom. The summed E-state index contributed by atoms with van der Waals surface area (Å²) in [7, 11) is 0. The second-order valence-corrected chi connectivity index (χ2v) is 6.25. The van der Waals surface area contributed by atoms with E-state index in [1.165, 1.54) is 18.2 Å². The third kappa shape index (κ3) is 4.40. The third-order valence-electron chi connectivity index (χ3n) is 4.20. The molecule has 0 aliphatic carbocycles. The molecule has 24 heavy (non-hydrogen) atoms. The van der Waals surface area contributed by atoms with Crippen molar-refractivity contribution >= 4 is 23.2 Å². The normalized spacial score (nSPS) is 20.2. The van der Waals surface area contributed by atoms with Crippen molar-refractivity contribution in [2.75, 3.05) is 18.4 Å². The largest absolute Gasteiger partial charge is 0.393 e. The lowest BCUT2D eigenvalue weighted by Gasteiger charge is -2.36. The van der Waals surface area contributed by atoms with Crippen LogP contribution in [0.1, 0.15) is 25.3 Å². The Labute approximate surface area is 143 Å². The topological polar surface area (TPSA) is 56.1 Å². The minimum absolute atomic E-state index is 0.0968. The lowest BCUT2D eigenvalue weighted by atomic mass is 9.96. The van der Waals surface area contributed by atoms with Crippen molar-refractivity contribution in [2.45, 2.75) is 32.0 Å². The Hall–Kier alpha value is -1.78. The van der Waals surface area contributed by atoms with E-state index >= 15 is 0 Å². The van der Waals surface area contributed by atoms with Gasteiger partial charge >= 0.3 is 6.18 Å². The van der Waals surface area contributed by atoms with Gasteiger partial charge in [0, 0.05) is 12.2 Å². The number of benzene rings is 1. The van der Waals surface area contributed by atoms with Gasteiger partial charge in [0.2, 0.25) is 5.91 Å². The number of hydrogen-bond donors (Lipinski definition) is 1. The van der Waals surface area contributed by atoms with Crippen molar-refractivity contribution in [3.05, 3.63) is 28.8 Å². The molecule has 1 amide bonds. The van der Waals surface area contributed by atoms with Crippen molar-refractivity contribution in [1.29, 1.82) is 5.26 Å². The molecular formula is C16H17ClF3N3O. The number of amides is 1. The van der Waals surface area contributed by atoms with Gasteiger partial charge in [-0.15, -0.1) is 0 Å². The zero-order valence-corrected chi connectivity index (χ0v) is 13.8. The summed E-state index contributed by atoms with van der Waals surface area (Å²) in [5.74, 6) is -1.80. The second kappa shape index (κ2) is 7.41. The van der Waals surface area contributed by atoms with Crippen molar-refractivity contribution in [1.82, 2.24) is 4.90 Å². The van der Waals surface area contributed by atoms with Gasteiger partial charge in [0.05, 0.1) is 22.5 Å². The highest BCUT2D eigenvalue weighted by Gasteiger charge is 2.43. The molecule has 130 valence electrons. The highest BCUT2D eigenvalue weighted by Crippen LogP contribution is 2.33. The fourth-order valence-corrected chi connectivity index (χ4v) is 2.94. The number of nitriles is 1. The summed E-state index contributed by atoms with van der Waals surface area (Å²) in [6.07, 6.45) is -3.74. The molecule has 2 rings (SSSR count). The van der Waals surface area contributed by atoms with Crippen LogP contribution in [-0.2, 0) is 4.79 Å². The first kappa shape index (κ1) is 18.6. The summed E-state index contributed by atoms with van der Waals surface area (Å²) in [6, 6.07) is 5.67. The molecule has 0 aromatic heterocycles. The molecule has 1 saturated heterocycles. The predicted octanol–water partition coefficient (Wildman–Crippen LogP) is 3.81. The van der Waals surface area contributed by atoms with E-state index in [2.05, 4.69) is 5.32 Å². The van der Waals surface area contributed by atoms with Crippen molar-refractivity contribution in [3.63, 3.8) is 0 Å². The highest BCUT2D eigenvalue weighted by atomic mass is 35.5. The van der Waals surface area contributed by atoms with Crippen LogP contribution in [-0.4, -0.2) is 36.1 Å². The Balaban J connectivity index is 2.01. The second-order valence-electron chi connectivity index (χ2n) is 5.85. The van der Waals surface area contributed by atoms with Crippen LogP contribution in [0, 0.1) is 17.2 Å². The maximum Gasteiger partial charge on any atom is 0.393 e. The van der Waals surface area contributed by atoms with E-state index in [-0.39, 0.29) is 23.6 Å². The van der Waals surface area contributed by atoms with E-state index in [4.69, 9.17) is 16.9 Å². The van der Waals surface area contributed by atoms with Gasteiger partial charge in [-0.25, -0.2) is 0 Å². The molecule has 0 spiro atoms. The molecule has 1 aromatic rings. The van der Waals surface area contributed by atoms with Crippen LogP contribution in [0.2, 0.25) is 5.02 Å². The van der Waals surface area contributed by atoms with Gasteiger partial charge in [-0.3, -0.25) is 9.69 Å². The molecule has 1 N–H and O–H groups in total. The Morgan fingerprint density at radius 3 is 2.79 bits per heavy atom. The van der Waals surface area contributed by atoms with Gasteiger partial charge in [0.25, 0.3) is 0 Å². The van der Waals surface area contributed by atoms with Gasteiger partial charge in [-0.2, -0.15) is 18.4 Å². The molecule has 4 nitrogen and oxygen atoms in total. The fourth-order valence-electron chi connectivity index (χ4n) is 2.72. The van der Waals surface area contributed by atoms with Gasteiger partial charge in [-0.05, 0) is 44.5 Å². The molecule has 2 atom stereocenters. The van der Waals surface area contributed by atoms with Crippen molar-refractivity contribution < 1.29 is 18.0 Å². The van der Waals surface area contributed by atoms with Crippen LogP contribution in [0.4, 0.5) is 18.9 Å². The first-order chi connectivity index (χ1) is 11.2. The van der Waals surface area contributed by atoms with Crippen LogP contribution in [0.3, 0.4) is 0 Å². The van der Waals surface area contributed by atoms with Crippen molar-refractivity contribution in [3.8, 4) is 6.07 Å². The van der Waals surface area contributed by atoms with Crippen LogP contribution in [0.5, 0.6) is 0 Å². The summed E-state index contributed by atoms with van der Waals surface area (Å²) in [6.45, 7) is 1.86. The SMILES string of the molecule is C[C@H](C(=O)Nc1ccc(C#N)c(Cl)c1)N1CCC[C@@H](C(F)(F)F)C1. The van der Waals surface area contributed by atoms with Crippen LogP contribution in [0.15, 0.2) is 18.2 Å². The fraction of sp³-hybridized carbons (Fsp3) is 0.500. The number of piperidine rings is 1. The highest BCUT2D eigenvalue weighted by molar-refractivity contribution is 6.32. The Kier molecular flexibility index (Phi) is 5.73. The lowest BCUT2D eigenvalue weighted by molar-refractivity contribution is -0.188. The van der Waals surface area contributed by atoms with Crippen molar-refractivity contribution in [2.24, 2.45) is 5.92 Å². The summed E-state index contributed by atoms with van der Waals surface area (Å²) >= 11 is 5.90. The van der Waals surface area contributed by atoms with Crippen LogP contribution in [0.25, 0.3) is 0 Å². The number of rotatable bonds is 3. The van der Waals surface area contributed by atoms with E-state index in [1.807, 2.05) is 6.07 Å². The molecule has 0 bridgehead atoms. The summed E-state index contributed by atoms with van der Waals surface area (Å²) in [5, 5.41) is 11.7. The minimum atomic E-state index is -4.24. The van der Waals surface area contributed by atoms with E-state index < -0.39 is 24.0 Å². The average Bonchev–Trinajstić information content (AvgIpc) is 2.53. The minimum Gasteiger partial charge on any atom is -0.325 e. The standard InChI is InChI=1S/C16H17ClF3N3O/c1-10(23-6-2-3-12(9-23)16(18,19)20)15(24)22-13-5-4-11(8-21)14(17)7-13/h4-5,7,10,12H,2-3,6,9H2,1H3,(H,22,24)/t10-,12-/m1/s1. The Bertz CT molecular complexity index is 657. The number of carbonyl (C=O) groups excluding carboxylic acids is 1. The van der Waals surface area contributed by atoms with E-state index in [0.717, 1.165) is 0 Å². The zero-order chi connectivity index (χ0) is 17.9. The number of likely N-dealkylation sites (tertiary alicyclic amines) is 1. The molecule has 1 fully saturated rings. The number of nitrogens with one attached hydrogen (secondary N) is 1. The van der Waals surface area contributed by atoms with Crippen LogP contribution >= 0.6 is 11.6 Å². The molecule has 1 heterocycles. The van der Waals surface area contributed by atoms with Gasteiger partial charge < -0.3 is 5.32 Å². The van der Waals surface area contributed by atoms with E-state index in [0.29, 0.717) is 18.7 Å². The lowest BCUT2D eigenvalue weighted by Crippen LogP contribution is -2.49. The first-order valence-corrected chi connectivity index (χ1v) is 7.91. The van der Waals surface area contributed by atoms with Gasteiger partial charge in [0.15, 0.2) is 0 Å².